The molecule has 2 aromatic heterocycles. The van der Waals surface area contributed by atoms with Gasteiger partial charge in [0.15, 0.2) is 5.75 Å². The second-order valence-electron chi connectivity index (χ2n) is 8.15. The normalized spacial score (nSPS) is 10.9. The van der Waals surface area contributed by atoms with Gasteiger partial charge >= 0.3 is 0 Å². The quantitative estimate of drug-likeness (QED) is 0.376. The van der Waals surface area contributed by atoms with Crippen molar-refractivity contribution in [3.05, 3.63) is 71.5 Å². The predicted octanol–water partition coefficient (Wildman–Crippen LogP) is 5.36. The molecule has 0 spiro atoms. The van der Waals surface area contributed by atoms with E-state index in [1.165, 1.54) is 5.56 Å². The van der Waals surface area contributed by atoms with Gasteiger partial charge < -0.3 is 9.64 Å². The van der Waals surface area contributed by atoms with Gasteiger partial charge in [-0.1, -0.05) is 61.9 Å². The van der Waals surface area contributed by atoms with Crippen LogP contribution < -0.4 is 9.64 Å². The molecule has 7 heteroatoms. The van der Waals surface area contributed by atoms with Gasteiger partial charge in [-0.05, 0) is 48.2 Å². The van der Waals surface area contributed by atoms with Crippen molar-refractivity contribution in [2.24, 2.45) is 0 Å². The van der Waals surface area contributed by atoms with Gasteiger partial charge in [-0.3, -0.25) is 4.98 Å². The summed E-state index contributed by atoms with van der Waals surface area (Å²) in [5.74, 6) is 1.44. The molecule has 2 heterocycles. The number of hydrogen-bond donors (Lipinski definition) is 1. The van der Waals surface area contributed by atoms with Gasteiger partial charge in [0.05, 0.1) is 18.5 Å². The Bertz CT molecular complexity index is 1190. The van der Waals surface area contributed by atoms with E-state index in [-0.39, 0.29) is 0 Å². The number of hydrogen-bond acceptors (Lipinski definition) is 6. The van der Waals surface area contributed by atoms with Gasteiger partial charge in [-0.25, -0.2) is 0 Å². The molecule has 0 saturated carbocycles. The van der Waals surface area contributed by atoms with Crippen LogP contribution in [0.1, 0.15) is 36.7 Å². The zero-order valence-electron chi connectivity index (χ0n) is 19.7. The van der Waals surface area contributed by atoms with Crippen LogP contribution in [0.25, 0.3) is 22.5 Å². The highest BCUT2D eigenvalue weighted by Crippen LogP contribution is 2.34. The first-order valence-corrected chi connectivity index (χ1v) is 11.3. The van der Waals surface area contributed by atoms with Crippen molar-refractivity contribution in [3.63, 3.8) is 0 Å². The molecule has 33 heavy (non-hydrogen) atoms. The Morgan fingerprint density at radius 3 is 2.42 bits per heavy atom. The van der Waals surface area contributed by atoms with Crippen LogP contribution >= 0.6 is 0 Å². The van der Waals surface area contributed by atoms with E-state index in [9.17, 15) is 0 Å². The third-order valence-electron chi connectivity index (χ3n) is 5.73. The number of anilines is 1. The van der Waals surface area contributed by atoms with E-state index in [1.807, 2.05) is 32.0 Å². The predicted molar refractivity (Wildman–Crippen MR) is 131 cm³/mol. The number of nitrogens with zero attached hydrogens (tertiary/aromatic N) is 5. The third kappa shape index (κ3) is 5.03. The number of H-pyrrole nitrogens is 1. The highest BCUT2D eigenvalue weighted by Gasteiger charge is 2.17. The fourth-order valence-electron chi connectivity index (χ4n) is 4.13. The van der Waals surface area contributed by atoms with Gasteiger partial charge in [-0.15, -0.1) is 10.2 Å². The first kappa shape index (κ1) is 22.5. The number of methoxy groups -OCH3 is 1. The molecule has 2 aromatic carbocycles. The number of nitrogens with one attached hydrogen (secondary N) is 1. The van der Waals surface area contributed by atoms with E-state index in [1.54, 1.807) is 7.11 Å². The van der Waals surface area contributed by atoms with E-state index in [0.29, 0.717) is 5.82 Å². The standard InChI is InChI=1S/C26H30N6O/c1-5-6-15-32(24-16-18(2)27-19(3)25(24)33-4)17-20-11-13-21(14-12-20)22-9-7-8-10-23(22)26-28-30-31-29-26/h7-14,16H,5-6,15,17H2,1-4H3,(H,28,29,30,31). The maximum absolute atomic E-state index is 5.73. The second kappa shape index (κ2) is 10.3. The number of ether oxygens (including phenoxy) is 1. The van der Waals surface area contributed by atoms with Crippen molar-refractivity contribution in [1.29, 1.82) is 0 Å². The molecule has 0 unspecified atom stereocenters. The fraction of sp³-hybridized carbons (Fsp3) is 0.308. The van der Waals surface area contributed by atoms with Gasteiger partial charge in [-0.2, -0.15) is 5.21 Å². The number of rotatable bonds is 9. The average molecular weight is 443 g/mol. The highest BCUT2D eigenvalue weighted by atomic mass is 16.5. The molecule has 0 amide bonds. The van der Waals surface area contributed by atoms with Crippen LogP contribution in [0.15, 0.2) is 54.6 Å². The highest BCUT2D eigenvalue weighted by molar-refractivity contribution is 5.80. The summed E-state index contributed by atoms with van der Waals surface area (Å²) in [6.45, 7) is 8.01. The molecule has 0 saturated heterocycles. The minimum absolute atomic E-state index is 0.593. The van der Waals surface area contributed by atoms with Crippen molar-refractivity contribution in [3.8, 4) is 28.3 Å². The molecule has 0 aliphatic carbocycles. The summed E-state index contributed by atoms with van der Waals surface area (Å²) in [6.07, 6.45) is 2.24. The summed E-state index contributed by atoms with van der Waals surface area (Å²) in [7, 11) is 1.72. The number of aryl methyl sites for hydroxylation is 2. The molecule has 0 aliphatic heterocycles. The molecule has 0 fully saturated rings. The van der Waals surface area contributed by atoms with Crippen LogP contribution in [0.4, 0.5) is 5.69 Å². The number of tetrazole rings is 1. The van der Waals surface area contributed by atoms with Gasteiger partial charge in [0, 0.05) is 24.3 Å². The zero-order valence-corrected chi connectivity index (χ0v) is 19.7. The van der Waals surface area contributed by atoms with Crippen molar-refractivity contribution < 1.29 is 4.74 Å². The SMILES string of the molecule is CCCCN(Cc1ccc(-c2ccccc2-c2nn[nH]n2)cc1)c1cc(C)nc(C)c1OC. The Morgan fingerprint density at radius 1 is 1.00 bits per heavy atom. The van der Waals surface area contributed by atoms with Crippen molar-refractivity contribution in [2.45, 2.75) is 40.2 Å². The maximum Gasteiger partial charge on any atom is 0.205 e. The van der Waals surface area contributed by atoms with E-state index in [0.717, 1.165) is 65.4 Å². The minimum atomic E-state index is 0.593. The van der Waals surface area contributed by atoms with Crippen molar-refractivity contribution >= 4 is 5.69 Å². The summed E-state index contributed by atoms with van der Waals surface area (Å²) in [5.41, 5.74) is 7.41. The zero-order chi connectivity index (χ0) is 23.2. The second-order valence-corrected chi connectivity index (χ2v) is 8.15. The number of pyridine rings is 1. The molecule has 4 rings (SSSR count). The molecule has 0 aliphatic rings. The Balaban J connectivity index is 1.63. The summed E-state index contributed by atoms with van der Waals surface area (Å²) >= 11 is 0. The van der Waals surface area contributed by atoms with E-state index < -0.39 is 0 Å². The van der Waals surface area contributed by atoms with Crippen LogP contribution in [0.5, 0.6) is 5.75 Å². The van der Waals surface area contributed by atoms with Gasteiger partial charge in [0.1, 0.15) is 0 Å². The lowest BCUT2D eigenvalue weighted by Crippen LogP contribution is -2.25. The smallest absolute Gasteiger partial charge is 0.205 e. The Labute approximate surface area is 194 Å². The number of aromatic amines is 1. The van der Waals surface area contributed by atoms with Crippen LogP contribution in [0, 0.1) is 13.8 Å². The number of benzene rings is 2. The lowest BCUT2D eigenvalue weighted by atomic mass is 9.98. The van der Waals surface area contributed by atoms with Gasteiger partial charge in [0.2, 0.25) is 5.82 Å². The largest absolute Gasteiger partial charge is 0.493 e. The summed E-state index contributed by atoms with van der Waals surface area (Å²) in [4.78, 5) is 6.98. The lowest BCUT2D eigenvalue weighted by molar-refractivity contribution is 0.408. The lowest BCUT2D eigenvalue weighted by Gasteiger charge is -2.27. The average Bonchev–Trinajstić information content (AvgIpc) is 3.37. The first-order chi connectivity index (χ1) is 16.1. The van der Waals surface area contributed by atoms with E-state index >= 15 is 0 Å². The van der Waals surface area contributed by atoms with Crippen LogP contribution in [-0.2, 0) is 6.54 Å². The van der Waals surface area contributed by atoms with E-state index in [2.05, 4.69) is 73.8 Å². The third-order valence-corrected chi connectivity index (χ3v) is 5.73. The summed E-state index contributed by atoms with van der Waals surface area (Å²) in [5, 5.41) is 14.5. The molecule has 1 N–H and O–H groups in total. The molecule has 0 bridgehead atoms. The first-order valence-electron chi connectivity index (χ1n) is 11.3. The topological polar surface area (TPSA) is 79.8 Å². The van der Waals surface area contributed by atoms with E-state index in [4.69, 9.17) is 4.74 Å². The minimum Gasteiger partial charge on any atom is -0.493 e. The van der Waals surface area contributed by atoms with Crippen LogP contribution in [0.3, 0.4) is 0 Å². The molecule has 170 valence electrons. The van der Waals surface area contributed by atoms with Crippen LogP contribution in [0.2, 0.25) is 0 Å². The van der Waals surface area contributed by atoms with Crippen molar-refractivity contribution in [1.82, 2.24) is 25.6 Å². The number of aromatic nitrogens is 5. The molecular formula is C26H30N6O. The fourth-order valence-corrected chi connectivity index (χ4v) is 4.13. The molecule has 0 radical (unpaired) electrons. The van der Waals surface area contributed by atoms with Crippen LogP contribution in [-0.4, -0.2) is 39.3 Å². The Kier molecular flexibility index (Phi) is 6.98. The summed E-state index contributed by atoms with van der Waals surface area (Å²) in [6, 6.07) is 18.9. The molecule has 0 atom stereocenters. The Hall–Kier alpha value is -3.74. The van der Waals surface area contributed by atoms with Gasteiger partial charge in [0.25, 0.3) is 0 Å². The molecular weight excluding hydrogens is 412 g/mol. The van der Waals surface area contributed by atoms with Crippen molar-refractivity contribution in [2.75, 3.05) is 18.6 Å². The number of unbranched alkanes of at least 4 members (excludes halogenated alkanes) is 1. The maximum atomic E-state index is 5.73. The summed E-state index contributed by atoms with van der Waals surface area (Å²) < 4.78 is 5.73. The monoisotopic (exact) mass is 442 g/mol. The Morgan fingerprint density at radius 2 is 1.76 bits per heavy atom. The molecule has 4 aromatic rings. The molecule has 7 nitrogen and oxygen atoms in total.